The van der Waals surface area contributed by atoms with Gasteiger partial charge in [-0.3, -0.25) is 0 Å². The Morgan fingerprint density at radius 2 is 1.90 bits per heavy atom. The van der Waals surface area contributed by atoms with Crippen molar-refractivity contribution in [3.05, 3.63) is 36.2 Å². The van der Waals surface area contributed by atoms with Crippen LogP contribution >= 0.6 is 0 Å². The maximum Gasteiger partial charge on any atom is 0.221 e. The average molecular weight is 288 g/mol. The molecule has 2 aromatic rings. The Balaban J connectivity index is 2.09. The van der Waals surface area contributed by atoms with Crippen LogP contribution in [0.15, 0.2) is 30.6 Å². The molecule has 0 saturated heterocycles. The minimum Gasteiger partial charge on any atom is -0.492 e. The third-order valence-corrected chi connectivity index (χ3v) is 2.82. The molecule has 0 bridgehead atoms. The van der Waals surface area contributed by atoms with Crippen molar-refractivity contribution in [3.63, 3.8) is 0 Å². The monoisotopic (exact) mass is 288 g/mol. The predicted molar refractivity (Wildman–Crippen MR) is 82.2 cm³/mol. The highest BCUT2D eigenvalue weighted by Crippen LogP contribution is 2.24. The Kier molecular flexibility index (Phi) is 5.34. The number of rotatable bonds is 7. The number of nitrogens with zero attached hydrogens (tertiary/aromatic N) is 2. The van der Waals surface area contributed by atoms with E-state index in [0.717, 1.165) is 22.8 Å². The first-order valence-electron chi connectivity index (χ1n) is 6.89. The van der Waals surface area contributed by atoms with Gasteiger partial charge in [0.1, 0.15) is 24.5 Å². The summed E-state index contributed by atoms with van der Waals surface area (Å²) in [7, 11) is 0. The van der Waals surface area contributed by atoms with Crippen molar-refractivity contribution in [2.45, 2.75) is 13.8 Å². The van der Waals surface area contributed by atoms with E-state index in [4.69, 9.17) is 15.2 Å². The summed E-state index contributed by atoms with van der Waals surface area (Å²) in [5.74, 6) is 2.11. The number of hydrogen-bond donors (Lipinski definition) is 2. The topological polar surface area (TPSA) is 82.3 Å². The highest BCUT2D eigenvalue weighted by atomic mass is 16.5. The van der Waals surface area contributed by atoms with E-state index in [-0.39, 0.29) is 0 Å². The summed E-state index contributed by atoms with van der Waals surface area (Å²) >= 11 is 0. The number of ether oxygens (including phenoxy) is 2. The van der Waals surface area contributed by atoms with Crippen LogP contribution in [0.4, 0.5) is 11.5 Å². The van der Waals surface area contributed by atoms with Crippen LogP contribution in [0.1, 0.15) is 12.5 Å². The fourth-order valence-corrected chi connectivity index (χ4v) is 1.79. The van der Waals surface area contributed by atoms with Crippen molar-refractivity contribution in [1.29, 1.82) is 0 Å². The van der Waals surface area contributed by atoms with Crippen LogP contribution in [-0.4, -0.2) is 29.7 Å². The smallest absolute Gasteiger partial charge is 0.221 e. The highest BCUT2D eigenvalue weighted by Gasteiger charge is 2.08. The lowest BCUT2D eigenvalue weighted by atomic mass is 10.2. The van der Waals surface area contributed by atoms with Gasteiger partial charge in [0.25, 0.3) is 0 Å². The number of hydrogen-bond acceptors (Lipinski definition) is 6. The molecule has 0 aliphatic heterocycles. The number of nitrogens with one attached hydrogen (secondary N) is 1. The van der Waals surface area contributed by atoms with E-state index in [9.17, 15) is 0 Å². The van der Waals surface area contributed by atoms with Crippen LogP contribution in [0.2, 0.25) is 0 Å². The molecule has 2 rings (SSSR count). The number of benzene rings is 1. The minimum atomic E-state index is 0.500. The lowest BCUT2D eigenvalue weighted by Crippen LogP contribution is -2.10. The molecular weight excluding hydrogens is 268 g/mol. The Bertz CT molecular complexity index is 572. The van der Waals surface area contributed by atoms with Gasteiger partial charge in [0.05, 0.1) is 12.2 Å². The second kappa shape index (κ2) is 7.44. The third-order valence-electron chi connectivity index (χ3n) is 2.82. The van der Waals surface area contributed by atoms with Crippen molar-refractivity contribution >= 4 is 11.5 Å². The summed E-state index contributed by atoms with van der Waals surface area (Å²) in [6, 6.07) is 7.62. The van der Waals surface area contributed by atoms with Crippen LogP contribution < -0.4 is 20.5 Å². The molecule has 0 aliphatic carbocycles. The predicted octanol–water partition coefficient (Wildman–Crippen LogP) is 2.26. The van der Waals surface area contributed by atoms with Gasteiger partial charge in [-0.05, 0) is 38.1 Å². The molecule has 1 aromatic carbocycles. The SMILES string of the molecule is CCOc1ncnc(Nc2ccc(OCCN)cc2)c1C. The number of anilines is 2. The van der Waals surface area contributed by atoms with E-state index in [1.165, 1.54) is 6.33 Å². The van der Waals surface area contributed by atoms with E-state index in [2.05, 4.69) is 15.3 Å². The molecular formula is C15H20N4O2. The van der Waals surface area contributed by atoms with Gasteiger partial charge < -0.3 is 20.5 Å². The van der Waals surface area contributed by atoms with Crippen LogP contribution in [0, 0.1) is 6.92 Å². The number of nitrogens with two attached hydrogens (primary N) is 1. The summed E-state index contributed by atoms with van der Waals surface area (Å²) in [4.78, 5) is 8.35. The molecule has 1 heterocycles. The standard InChI is InChI=1S/C15H20N4O2/c1-3-20-15-11(2)14(17-10-18-15)19-12-4-6-13(7-5-12)21-9-8-16/h4-7,10H,3,8-9,16H2,1-2H3,(H,17,18,19). The third kappa shape index (κ3) is 4.06. The summed E-state index contributed by atoms with van der Waals surface area (Å²) in [5, 5.41) is 3.24. The first-order valence-corrected chi connectivity index (χ1v) is 6.89. The molecule has 0 aliphatic rings. The Labute approximate surface area is 124 Å². The Morgan fingerprint density at radius 3 is 2.57 bits per heavy atom. The Morgan fingerprint density at radius 1 is 1.14 bits per heavy atom. The molecule has 0 fully saturated rings. The molecule has 6 heteroatoms. The molecule has 0 saturated carbocycles. The van der Waals surface area contributed by atoms with E-state index >= 15 is 0 Å². The van der Waals surface area contributed by atoms with Gasteiger partial charge in [0, 0.05) is 12.2 Å². The zero-order valence-electron chi connectivity index (χ0n) is 12.3. The van der Waals surface area contributed by atoms with Crippen molar-refractivity contribution in [2.24, 2.45) is 5.73 Å². The number of aromatic nitrogens is 2. The molecule has 6 nitrogen and oxygen atoms in total. The second-order valence-electron chi connectivity index (χ2n) is 4.37. The van der Waals surface area contributed by atoms with Gasteiger partial charge in [-0.1, -0.05) is 0 Å². The van der Waals surface area contributed by atoms with Gasteiger partial charge in [0.15, 0.2) is 0 Å². The maximum atomic E-state index is 5.46. The molecule has 1 aromatic heterocycles. The average Bonchev–Trinajstić information content (AvgIpc) is 2.51. The Hall–Kier alpha value is -2.34. The molecule has 0 amide bonds. The van der Waals surface area contributed by atoms with Crippen LogP contribution in [-0.2, 0) is 0 Å². The van der Waals surface area contributed by atoms with Gasteiger partial charge >= 0.3 is 0 Å². The van der Waals surface area contributed by atoms with Gasteiger partial charge in [0.2, 0.25) is 5.88 Å². The van der Waals surface area contributed by atoms with E-state index in [1.54, 1.807) is 0 Å². The second-order valence-corrected chi connectivity index (χ2v) is 4.37. The largest absolute Gasteiger partial charge is 0.492 e. The van der Waals surface area contributed by atoms with E-state index < -0.39 is 0 Å². The molecule has 0 atom stereocenters. The molecule has 112 valence electrons. The highest BCUT2D eigenvalue weighted by molar-refractivity contribution is 5.61. The molecule has 21 heavy (non-hydrogen) atoms. The fraction of sp³-hybridized carbons (Fsp3) is 0.333. The molecule has 0 radical (unpaired) electrons. The quantitative estimate of drug-likeness (QED) is 0.813. The molecule has 0 unspecified atom stereocenters. The van der Waals surface area contributed by atoms with E-state index in [1.807, 2.05) is 38.1 Å². The first kappa shape index (κ1) is 15.1. The summed E-state index contributed by atoms with van der Waals surface area (Å²) in [6.45, 7) is 5.43. The van der Waals surface area contributed by atoms with Crippen molar-refractivity contribution in [2.75, 3.05) is 25.1 Å². The van der Waals surface area contributed by atoms with Gasteiger partial charge in [-0.2, -0.15) is 0 Å². The van der Waals surface area contributed by atoms with E-state index in [0.29, 0.717) is 25.6 Å². The lowest BCUT2D eigenvalue weighted by molar-refractivity contribution is 0.324. The fourth-order valence-electron chi connectivity index (χ4n) is 1.79. The molecule has 0 spiro atoms. The van der Waals surface area contributed by atoms with Crippen molar-refractivity contribution in [3.8, 4) is 11.6 Å². The first-order chi connectivity index (χ1) is 10.2. The molecule has 3 N–H and O–H groups in total. The van der Waals surface area contributed by atoms with Crippen LogP contribution in [0.5, 0.6) is 11.6 Å². The lowest BCUT2D eigenvalue weighted by Gasteiger charge is -2.12. The van der Waals surface area contributed by atoms with Crippen molar-refractivity contribution in [1.82, 2.24) is 9.97 Å². The maximum absolute atomic E-state index is 5.46. The van der Waals surface area contributed by atoms with Crippen LogP contribution in [0.3, 0.4) is 0 Å². The summed E-state index contributed by atoms with van der Waals surface area (Å²) in [5.41, 5.74) is 7.19. The minimum absolute atomic E-state index is 0.500. The zero-order valence-corrected chi connectivity index (χ0v) is 12.3. The van der Waals surface area contributed by atoms with Gasteiger partial charge in [-0.15, -0.1) is 0 Å². The summed E-state index contributed by atoms with van der Waals surface area (Å²) < 4.78 is 10.9. The zero-order chi connectivity index (χ0) is 15.1. The van der Waals surface area contributed by atoms with Crippen molar-refractivity contribution < 1.29 is 9.47 Å². The summed E-state index contributed by atoms with van der Waals surface area (Å²) in [6.07, 6.45) is 1.49. The van der Waals surface area contributed by atoms with Gasteiger partial charge in [-0.25, -0.2) is 9.97 Å². The normalized spacial score (nSPS) is 10.2. The van der Waals surface area contributed by atoms with Crippen LogP contribution in [0.25, 0.3) is 0 Å².